The monoisotopic (exact) mass is 513 g/mol. The van der Waals surface area contributed by atoms with Gasteiger partial charge in [0.25, 0.3) is 0 Å². The molecular formula is C40H26. The van der Waals surface area contributed by atoms with Gasteiger partial charge in [-0.25, -0.2) is 0 Å². The minimum absolute atomic E-state index is 0.0526. The van der Waals surface area contributed by atoms with E-state index < -0.39 is 18.1 Å². The average Bonchev–Trinajstić information content (AvgIpc) is 3.10. The molecule has 0 atom stereocenters. The molecule has 186 valence electrons. The Kier molecular flexibility index (Phi) is 3.85. The van der Waals surface area contributed by atoms with E-state index in [0.29, 0.717) is 5.56 Å². The molecule has 40 heavy (non-hydrogen) atoms. The van der Waals surface area contributed by atoms with E-state index in [2.05, 4.69) is 54.6 Å². The smallest absolute Gasteiger partial charge is 0.0616 e. The molecule has 0 spiro atoms. The summed E-state index contributed by atoms with van der Waals surface area (Å²) >= 11 is 0. The van der Waals surface area contributed by atoms with Crippen molar-refractivity contribution in [2.45, 2.75) is 0 Å². The maximum Gasteiger partial charge on any atom is 0.0636 e. The van der Waals surface area contributed by atoms with E-state index in [1.807, 2.05) is 60.7 Å². The quantitative estimate of drug-likeness (QED) is 0.206. The standard InChI is InChI=1S/C40H26/c1-3-13-29-25-31(23-21-27(29)11-1)33-15-5-6-16-34(33)40-37-19-9-7-17-35(37)39(36-18-8-10-20-38(36)40)32-24-22-28-12-2-4-14-30(28)26-32/h1-26H/i1D,3D,11D,13D,21D,23D,25D. The first kappa shape index (κ1) is 16.7. The first-order valence-corrected chi connectivity index (χ1v) is 13.3. The highest BCUT2D eigenvalue weighted by Crippen LogP contribution is 2.46. The van der Waals surface area contributed by atoms with Gasteiger partial charge in [-0.1, -0.05) is 145 Å². The lowest BCUT2D eigenvalue weighted by atomic mass is 9.83. The van der Waals surface area contributed by atoms with Crippen molar-refractivity contribution in [3.05, 3.63) is 158 Å². The summed E-state index contributed by atoms with van der Waals surface area (Å²) in [5.74, 6) is 0. The molecular weight excluding hydrogens is 480 g/mol. The summed E-state index contributed by atoms with van der Waals surface area (Å²) in [5.41, 5.74) is 4.62. The second-order valence-corrected chi connectivity index (χ2v) is 9.95. The van der Waals surface area contributed by atoms with E-state index >= 15 is 0 Å². The Balaban J connectivity index is 1.49. The predicted molar refractivity (Wildman–Crippen MR) is 173 cm³/mol. The first-order chi connectivity index (χ1) is 22.8. The summed E-state index contributed by atoms with van der Waals surface area (Å²) in [7, 11) is 0. The van der Waals surface area contributed by atoms with E-state index in [4.69, 9.17) is 8.22 Å². The lowest BCUT2D eigenvalue weighted by Gasteiger charge is -2.20. The summed E-state index contributed by atoms with van der Waals surface area (Å²) in [6.45, 7) is 0. The fraction of sp³-hybridized carbons (Fsp3) is 0. The molecule has 0 aromatic heterocycles. The van der Waals surface area contributed by atoms with Gasteiger partial charge in [0.1, 0.15) is 0 Å². The van der Waals surface area contributed by atoms with Crippen LogP contribution in [0.15, 0.2) is 158 Å². The molecule has 0 aliphatic carbocycles. The molecule has 8 aromatic rings. The molecule has 8 rings (SSSR count). The van der Waals surface area contributed by atoms with Crippen molar-refractivity contribution in [1.82, 2.24) is 0 Å². The van der Waals surface area contributed by atoms with E-state index in [9.17, 15) is 1.37 Å². The van der Waals surface area contributed by atoms with Crippen LogP contribution in [0.3, 0.4) is 0 Å². The second-order valence-electron chi connectivity index (χ2n) is 9.95. The van der Waals surface area contributed by atoms with Crippen LogP contribution < -0.4 is 0 Å². The predicted octanol–water partition coefficient (Wildman–Crippen LogP) is 11.3. The molecule has 0 unspecified atom stereocenters. The summed E-state index contributed by atoms with van der Waals surface area (Å²) in [5, 5.41) is 6.25. The van der Waals surface area contributed by atoms with Crippen LogP contribution in [0.5, 0.6) is 0 Å². The zero-order chi connectivity index (χ0) is 32.6. The Morgan fingerprint density at radius 3 is 1.68 bits per heavy atom. The van der Waals surface area contributed by atoms with Gasteiger partial charge in [0, 0.05) is 0 Å². The molecule has 0 saturated carbocycles. The third kappa shape index (κ3) is 3.61. The lowest BCUT2D eigenvalue weighted by molar-refractivity contribution is 1.62. The Morgan fingerprint density at radius 2 is 0.950 bits per heavy atom. The molecule has 0 fully saturated rings. The SMILES string of the molecule is [2H]c1c([2H])c([2H])c2c([2H])c(-c3ccccc3-c3c4ccccc4c(-c4ccc5ccccc5c4)c4ccccc34)c([2H])c([2H])c2c1[2H]. The Labute approximate surface area is 243 Å². The summed E-state index contributed by atoms with van der Waals surface area (Å²) < 4.78 is 60.7. The highest BCUT2D eigenvalue weighted by Gasteiger charge is 2.18. The lowest BCUT2D eigenvalue weighted by Crippen LogP contribution is -1.92. The summed E-state index contributed by atoms with van der Waals surface area (Å²) in [4.78, 5) is 0. The Morgan fingerprint density at radius 1 is 0.375 bits per heavy atom. The maximum atomic E-state index is 9.27. The van der Waals surface area contributed by atoms with E-state index in [1.54, 1.807) is 0 Å². The van der Waals surface area contributed by atoms with Gasteiger partial charge >= 0.3 is 0 Å². The van der Waals surface area contributed by atoms with E-state index in [1.165, 1.54) is 5.39 Å². The molecule has 0 heterocycles. The topological polar surface area (TPSA) is 0 Å². The zero-order valence-corrected chi connectivity index (χ0v) is 21.5. The van der Waals surface area contributed by atoms with E-state index in [-0.39, 0.29) is 40.5 Å². The van der Waals surface area contributed by atoms with Crippen LogP contribution in [0.2, 0.25) is 0 Å². The van der Waals surface area contributed by atoms with Crippen LogP contribution in [0, 0.1) is 0 Å². The van der Waals surface area contributed by atoms with Crippen molar-refractivity contribution in [2.24, 2.45) is 0 Å². The maximum absolute atomic E-state index is 9.27. The highest BCUT2D eigenvalue weighted by atomic mass is 14.2. The molecule has 0 bridgehead atoms. The van der Waals surface area contributed by atoms with E-state index in [0.717, 1.165) is 49.2 Å². The van der Waals surface area contributed by atoms with Gasteiger partial charge in [-0.05, 0) is 88.6 Å². The van der Waals surface area contributed by atoms with Gasteiger partial charge < -0.3 is 0 Å². The average molecular weight is 514 g/mol. The van der Waals surface area contributed by atoms with Crippen LogP contribution in [-0.4, -0.2) is 0 Å². The summed E-state index contributed by atoms with van der Waals surface area (Å²) in [6, 6.07) is 36.4. The van der Waals surface area contributed by atoms with Crippen molar-refractivity contribution in [3.8, 4) is 33.4 Å². The van der Waals surface area contributed by atoms with Crippen LogP contribution in [0.1, 0.15) is 9.60 Å². The first-order valence-electron chi connectivity index (χ1n) is 16.8. The van der Waals surface area contributed by atoms with Gasteiger partial charge in [0.05, 0.1) is 9.60 Å². The molecule has 0 heteroatoms. The van der Waals surface area contributed by atoms with Crippen molar-refractivity contribution < 1.29 is 9.60 Å². The molecule has 0 aliphatic heterocycles. The van der Waals surface area contributed by atoms with Gasteiger partial charge in [-0.15, -0.1) is 0 Å². The second kappa shape index (κ2) is 9.22. The molecule has 0 amide bonds. The van der Waals surface area contributed by atoms with Crippen molar-refractivity contribution in [3.63, 3.8) is 0 Å². The Hall–Kier alpha value is -5.20. The fourth-order valence-electron chi connectivity index (χ4n) is 5.91. The van der Waals surface area contributed by atoms with Gasteiger partial charge in [0.15, 0.2) is 0 Å². The Bertz CT molecular complexity index is 2550. The third-order valence-electron chi connectivity index (χ3n) is 7.69. The van der Waals surface area contributed by atoms with Gasteiger partial charge in [-0.2, -0.15) is 0 Å². The largest absolute Gasteiger partial charge is 0.0636 e. The third-order valence-corrected chi connectivity index (χ3v) is 7.69. The molecule has 0 aliphatic rings. The normalized spacial score (nSPS) is 13.9. The molecule has 0 N–H and O–H groups in total. The molecule has 0 nitrogen and oxygen atoms in total. The van der Waals surface area contributed by atoms with Gasteiger partial charge in [-0.3, -0.25) is 0 Å². The minimum atomic E-state index is -0.479. The number of hydrogen-bond donors (Lipinski definition) is 0. The molecule has 0 radical (unpaired) electrons. The van der Waals surface area contributed by atoms with Crippen LogP contribution >= 0.6 is 0 Å². The fourth-order valence-corrected chi connectivity index (χ4v) is 5.91. The van der Waals surface area contributed by atoms with Crippen LogP contribution in [-0.2, 0) is 0 Å². The number of rotatable bonds is 3. The molecule has 0 saturated heterocycles. The number of benzene rings is 8. The highest BCUT2D eigenvalue weighted by molar-refractivity contribution is 6.22. The number of fused-ring (bicyclic) bond motifs is 4. The summed E-state index contributed by atoms with van der Waals surface area (Å²) in [6.07, 6.45) is 0. The van der Waals surface area contributed by atoms with Crippen molar-refractivity contribution >= 4 is 43.1 Å². The number of hydrogen-bond acceptors (Lipinski definition) is 0. The van der Waals surface area contributed by atoms with Crippen molar-refractivity contribution in [1.29, 1.82) is 0 Å². The van der Waals surface area contributed by atoms with Gasteiger partial charge in [0.2, 0.25) is 0 Å². The van der Waals surface area contributed by atoms with Crippen molar-refractivity contribution in [2.75, 3.05) is 0 Å². The van der Waals surface area contributed by atoms with Crippen LogP contribution in [0.25, 0.3) is 76.5 Å². The van der Waals surface area contributed by atoms with Crippen LogP contribution in [0.4, 0.5) is 0 Å². The minimum Gasteiger partial charge on any atom is -0.0616 e. The molecule has 8 aromatic carbocycles. The zero-order valence-electron chi connectivity index (χ0n) is 28.5.